The fourth-order valence-electron chi connectivity index (χ4n) is 2.05. The summed E-state index contributed by atoms with van der Waals surface area (Å²) in [7, 11) is 1.86. The number of rotatable bonds is 5. The molecular formula is C16H21N3O. The van der Waals surface area contributed by atoms with Gasteiger partial charge < -0.3 is 10.1 Å². The van der Waals surface area contributed by atoms with E-state index >= 15 is 0 Å². The molecule has 0 atom stereocenters. The first kappa shape index (κ1) is 14.3. The van der Waals surface area contributed by atoms with Crippen molar-refractivity contribution in [1.82, 2.24) is 10.2 Å². The molecule has 0 fully saturated rings. The highest BCUT2D eigenvalue weighted by Crippen LogP contribution is 2.27. The summed E-state index contributed by atoms with van der Waals surface area (Å²) < 4.78 is 5.59. The van der Waals surface area contributed by atoms with Gasteiger partial charge in [-0.15, -0.1) is 10.2 Å². The highest BCUT2D eigenvalue weighted by atomic mass is 16.5. The molecule has 1 heterocycles. The molecular weight excluding hydrogens is 250 g/mol. The maximum absolute atomic E-state index is 5.59. The van der Waals surface area contributed by atoms with Gasteiger partial charge in [-0.2, -0.15) is 0 Å². The van der Waals surface area contributed by atoms with Gasteiger partial charge in [-0.05, 0) is 55.7 Å². The minimum atomic E-state index is 0.744. The molecule has 4 nitrogen and oxygen atoms in total. The third kappa shape index (κ3) is 2.90. The molecule has 2 aromatic rings. The van der Waals surface area contributed by atoms with Crippen LogP contribution in [0.2, 0.25) is 0 Å². The molecule has 0 aliphatic carbocycles. The van der Waals surface area contributed by atoms with Gasteiger partial charge in [-0.25, -0.2) is 0 Å². The highest BCUT2D eigenvalue weighted by molar-refractivity contribution is 5.66. The molecule has 0 radical (unpaired) electrons. The summed E-state index contributed by atoms with van der Waals surface area (Å²) >= 11 is 0. The van der Waals surface area contributed by atoms with Crippen molar-refractivity contribution in [2.75, 3.05) is 19.0 Å². The van der Waals surface area contributed by atoms with Gasteiger partial charge in [0.2, 0.25) is 0 Å². The molecule has 1 N–H and O–H groups in total. The van der Waals surface area contributed by atoms with E-state index in [0.717, 1.165) is 47.0 Å². The lowest BCUT2D eigenvalue weighted by Crippen LogP contribution is -2.02. The predicted molar refractivity (Wildman–Crippen MR) is 82.3 cm³/mol. The van der Waals surface area contributed by atoms with Crippen LogP contribution in [0.15, 0.2) is 24.3 Å². The summed E-state index contributed by atoms with van der Waals surface area (Å²) in [6, 6.07) is 8.02. The standard InChI is InChI=1S/C16H21N3O/c1-5-10-20-14-8-6-13(7-9-14)15-11(2)12(3)16(17-4)19-18-15/h6-9H,5,10H2,1-4H3,(H,17,19). The topological polar surface area (TPSA) is 47.0 Å². The SMILES string of the molecule is CCCOc1ccc(-c2nnc(NC)c(C)c2C)cc1. The van der Waals surface area contributed by atoms with Crippen molar-refractivity contribution in [3.63, 3.8) is 0 Å². The van der Waals surface area contributed by atoms with E-state index < -0.39 is 0 Å². The molecule has 106 valence electrons. The van der Waals surface area contributed by atoms with Crippen molar-refractivity contribution in [2.45, 2.75) is 27.2 Å². The first-order valence-corrected chi connectivity index (χ1v) is 6.92. The number of aromatic nitrogens is 2. The molecule has 0 aliphatic heterocycles. The van der Waals surface area contributed by atoms with E-state index in [-0.39, 0.29) is 0 Å². The lowest BCUT2D eigenvalue weighted by Gasteiger charge is -2.11. The van der Waals surface area contributed by atoms with Gasteiger partial charge in [0.25, 0.3) is 0 Å². The van der Waals surface area contributed by atoms with Crippen LogP contribution >= 0.6 is 0 Å². The number of anilines is 1. The molecule has 0 spiro atoms. The molecule has 0 amide bonds. The number of hydrogen-bond acceptors (Lipinski definition) is 4. The summed E-state index contributed by atoms with van der Waals surface area (Å²) in [6.07, 6.45) is 1.01. The Labute approximate surface area is 120 Å². The van der Waals surface area contributed by atoms with Crippen LogP contribution in [0.4, 0.5) is 5.82 Å². The van der Waals surface area contributed by atoms with E-state index in [1.807, 2.05) is 31.3 Å². The summed E-state index contributed by atoms with van der Waals surface area (Å²) in [5.74, 6) is 1.72. The van der Waals surface area contributed by atoms with Gasteiger partial charge in [0.05, 0.1) is 12.3 Å². The van der Waals surface area contributed by atoms with Crippen molar-refractivity contribution >= 4 is 5.82 Å². The first-order chi connectivity index (χ1) is 9.67. The Morgan fingerprint density at radius 2 is 1.75 bits per heavy atom. The van der Waals surface area contributed by atoms with Crippen molar-refractivity contribution in [1.29, 1.82) is 0 Å². The fourth-order valence-corrected chi connectivity index (χ4v) is 2.05. The zero-order valence-corrected chi connectivity index (χ0v) is 12.5. The molecule has 1 aromatic heterocycles. The zero-order chi connectivity index (χ0) is 14.5. The van der Waals surface area contributed by atoms with Crippen LogP contribution in [0, 0.1) is 13.8 Å². The Hall–Kier alpha value is -2.10. The molecule has 4 heteroatoms. The third-order valence-corrected chi connectivity index (χ3v) is 3.36. The van der Waals surface area contributed by atoms with Crippen molar-refractivity contribution < 1.29 is 4.74 Å². The minimum absolute atomic E-state index is 0.744. The second-order valence-corrected chi connectivity index (χ2v) is 4.77. The van der Waals surface area contributed by atoms with E-state index in [9.17, 15) is 0 Å². The maximum Gasteiger partial charge on any atom is 0.151 e. The van der Waals surface area contributed by atoms with Gasteiger partial charge in [-0.1, -0.05) is 6.92 Å². The average molecular weight is 271 g/mol. The minimum Gasteiger partial charge on any atom is -0.494 e. The Morgan fingerprint density at radius 3 is 2.35 bits per heavy atom. The van der Waals surface area contributed by atoms with Crippen molar-refractivity contribution in [2.24, 2.45) is 0 Å². The average Bonchev–Trinajstić information content (AvgIpc) is 2.48. The highest BCUT2D eigenvalue weighted by Gasteiger charge is 2.10. The van der Waals surface area contributed by atoms with E-state index in [0.29, 0.717) is 0 Å². The molecule has 0 bridgehead atoms. The normalized spacial score (nSPS) is 10.4. The molecule has 20 heavy (non-hydrogen) atoms. The Kier molecular flexibility index (Phi) is 4.56. The van der Waals surface area contributed by atoms with Crippen LogP contribution in [-0.4, -0.2) is 23.9 Å². The quantitative estimate of drug-likeness (QED) is 0.902. The van der Waals surface area contributed by atoms with Gasteiger partial charge in [-0.3, -0.25) is 0 Å². The molecule has 0 aliphatic rings. The lowest BCUT2D eigenvalue weighted by molar-refractivity contribution is 0.317. The van der Waals surface area contributed by atoms with Crippen LogP contribution < -0.4 is 10.1 Å². The van der Waals surface area contributed by atoms with E-state index in [4.69, 9.17) is 4.74 Å². The van der Waals surface area contributed by atoms with Gasteiger partial charge in [0, 0.05) is 12.6 Å². The second-order valence-electron chi connectivity index (χ2n) is 4.77. The number of hydrogen-bond donors (Lipinski definition) is 1. The zero-order valence-electron chi connectivity index (χ0n) is 12.5. The van der Waals surface area contributed by atoms with Crippen LogP contribution in [0.1, 0.15) is 24.5 Å². The molecule has 0 saturated heterocycles. The summed E-state index contributed by atoms with van der Waals surface area (Å²) in [5, 5.41) is 11.6. The first-order valence-electron chi connectivity index (χ1n) is 6.92. The maximum atomic E-state index is 5.59. The predicted octanol–water partition coefficient (Wildman–Crippen LogP) is 3.59. The van der Waals surface area contributed by atoms with E-state index in [1.54, 1.807) is 0 Å². The van der Waals surface area contributed by atoms with Crippen LogP contribution in [0.5, 0.6) is 5.75 Å². The van der Waals surface area contributed by atoms with E-state index in [2.05, 4.69) is 36.3 Å². The molecule has 0 unspecified atom stereocenters. The van der Waals surface area contributed by atoms with Gasteiger partial charge in [0.1, 0.15) is 5.75 Å². The second kappa shape index (κ2) is 6.37. The summed E-state index contributed by atoms with van der Waals surface area (Å²) in [6.45, 7) is 6.97. The number of ether oxygens (including phenoxy) is 1. The molecule has 2 rings (SSSR count). The number of nitrogens with zero attached hydrogens (tertiary/aromatic N) is 2. The smallest absolute Gasteiger partial charge is 0.151 e. The summed E-state index contributed by atoms with van der Waals surface area (Å²) in [4.78, 5) is 0. The largest absolute Gasteiger partial charge is 0.494 e. The number of nitrogens with one attached hydrogen (secondary N) is 1. The van der Waals surface area contributed by atoms with Gasteiger partial charge in [0.15, 0.2) is 5.82 Å². The monoisotopic (exact) mass is 271 g/mol. The Morgan fingerprint density at radius 1 is 1.05 bits per heavy atom. The third-order valence-electron chi connectivity index (χ3n) is 3.36. The van der Waals surface area contributed by atoms with Crippen molar-refractivity contribution in [3.8, 4) is 17.0 Å². The fraction of sp³-hybridized carbons (Fsp3) is 0.375. The Bertz CT molecular complexity index is 579. The lowest BCUT2D eigenvalue weighted by atomic mass is 10.0. The van der Waals surface area contributed by atoms with Crippen LogP contribution in [0.25, 0.3) is 11.3 Å². The molecule has 0 saturated carbocycles. The summed E-state index contributed by atoms with van der Waals surface area (Å²) in [5.41, 5.74) is 4.25. The van der Waals surface area contributed by atoms with E-state index in [1.165, 1.54) is 0 Å². The van der Waals surface area contributed by atoms with Crippen LogP contribution in [-0.2, 0) is 0 Å². The van der Waals surface area contributed by atoms with Crippen molar-refractivity contribution in [3.05, 3.63) is 35.4 Å². The molecule has 1 aromatic carbocycles. The Balaban J connectivity index is 2.30. The van der Waals surface area contributed by atoms with Crippen LogP contribution in [0.3, 0.4) is 0 Å². The van der Waals surface area contributed by atoms with Gasteiger partial charge >= 0.3 is 0 Å². The number of benzene rings is 1.